The molecule has 0 aliphatic heterocycles. The van der Waals surface area contributed by atoms with E-state index >= 15 is 0 Å². The van der Waals surface area contributed by atoms with Crippen LogP contribution in [0.1, 0.15) is 0 Å². The molecule has 57 heavy (non-hydrogen) atoms. The topological polar surface area (TPSA) is 56.7 Å². The number of hydrogen-bond acceptors (Lipinski definition) is 5. The van der Waals surface area contributed by atoms with E-state index in [4.69, 9.17) is 19.4 Å². The van der Waals surface area contributed by atoms with Crippen molar-refractivity contribution in [1.82, 2.24) is 19.5 Å². The molecule has 0 atom stereocenters. The molecule has 0 saturated heterocycles. The first kappa shape index (κ1) is 31.9. The molecule has 5 nitrogen and oxygen atoms in total. The summed E-state index contributed by atoms with van der Waals surface area (Å²) in [6.07, 6.45) is 0. The van der Waals surface area contributed by atoms with E-state index in [-0.39, 0.29) is 0 Å². The molecule has 0 spiro atoms. The summed E-state index contributed by atoms with van der Waals surface area (Å²) < 4.78 is 12.2. The highest BCUT2D eigenvalue weighted by Crippen LogP contribution is 2.46. The van der Waals surface area contributed by atoms with Gasteiger partial charge in [-0.05, 0) is 35.9 Å². The fourth-order valence-corrected chi connectivity index (χ4v) is 9.75. The van der Waals surface area contributed by atoms with Crippen LogP contribution >= 0.6 is 11.3 Å². The molecule has 4 aromatic heterocycles. The Bertz CT molecular complexity index is 3460. The second kappa shape index (κ2) is 12.6. The van der Waals surface area contributed by atoms with Crippen molar-refractivity contribution in [2.45, 2.75) is 0 Å². The lowest BCUT2D eigenvalue weighted by molar-refractivity contribution is 0.667. The molecule has 266 valence electrons. The third-order valence-corrected chi connectivity index (χ3v) is 12.3. The van der Waals surface area contributed by atoms with E-state index in [1.807, 2.05) is 78.1 Å². The summed E-state index contributed by atoms with van der Waals surface area (Å²) in [7, 11) is 0. The quantitative estimate of drug-likeness (QED) is 0.176. The molecule has 0 saturated carbocycles. The largest absolute Gasteiger partial charge is 0.453 e. The van der Waals surface area contributed by atoms with E-state index in [0.29, 0.717) is 17.5 Å². The maximum atomic E-state index is 7.27. The Kier molecular flexibility index (Phi) is 7.03. The Morgan fingerprint density at radius 2 is 0.965 bits per heavy atom. The highest BCUT2D eigenvalue weighted by Gasteiger charge is 2.24. The van der Waals surface area contributed by atoms with Gasteiger partial charge in [0.25, 0.3) is 0 Å². The zero-order valence-corrected chi connectivity index (χ0v) is 31.2. The van der Waals surface area contributed by atoms with Gasteiger partial charge >= 0.3 is 0 Å². The fraction of sp³-hybridized carbons (Fsp3) is 0. The normalized spacial score (nSPS) is 11.9. The Morgan fingerprint density at radius 1 is 0.404 bits per heavy atom. The van der Waals surface area contributed by atoms with Crippen molar-refractivity contribution in [3.05, 3.63) is 182 Å². The Hall–Kier alpha value is -7.41. The molecular formula is C51H30N4OS. The first-order chi connectivity index (χ1) is 28.3. The third kappa shape index (κ3) is 4.91. The number of para-hydroxylation sites is 2. The van der Waals surface area contributed by atoms with Crippen molar-refractivity contribution in [3.8, 4) is 51.0 Å². The second-order valence-electron chi connectivity index (χ2n) is 14.3. The number of fused-ring (bicyclic) bond motifs is 10. The van der Waals surface area contributed by atoms with Gasteiger partial charge in [-0.25, -0.2) is 15.0 Å². The van der Waals surface area contributed by atoms with Crippen molar-refractivity contribution in [2.75, 3.05) is 0 Å². The fourth-order valence-electron chi connectivity index (χ4n) is 8.51. The number of furan rings is 1. The van der Waals surface area contributed by atoms with Gasteiger partial charge in [0.05, 0.1) is 21.4 Å². The number of benzene rings is 8. The van der Waals surface area contributed by atoms with Crippen molar-refractivity contribution in [2.24, 2.45) is 0 Å². The van der Waals surface area contributed by atoms with E-state index in [2.05, 4.69) is 120 Å². The lowest BCUT2D eigenvalue weighted by Gasteiger charge is -2.12. The number of aromatic nitrogens is 4. The number of hydrogen-bond donors (Lipinski definition) is 0. The third-order valence-electron chi connectivity index (χ3n) is 11.1. The average Bonchev–Trinajstić information content (AvgIpc) is 3.97. The van der Waals surface area contributed by atoms with Crippen molar-refractivity contribution in [3.63, 3.8) is 0 Å². The molecule has 0 amide bonds. The molecule has 0 aliphatic carbocycles. The van der Waals surface area contributed by atoms with Crippen molar-refractivity contribution >= 4 is 75.3 Å². The summed E-state index contributed by atoms with van der Waals surface area (Å²) >= 11 is 1.85. The van der Waals surface area contributed by atoms with Gasteiger partial charge in [0.15, 0.2) is 23.1 Å². The van der Waals surface area contributed by atoms with E-state index in [9.17, 15) is 0 Å². The minimum atomic E-state index is 0.582. The Balaban J connectivity index is 1.17. The summed E-state index contributed by atoms with van der Waals surface area (Å²) in [5.41, 5.74) is 9.62. The van der Waals surface area contributed by atoms with Crippen LogP contribution in [0.15, 0.2) is 186 Å². The first-order valence-electron chi connectivity index (χ1n) is 19.0. The van der Waals surface area contributed by atoms with Crippen LogP contribution in [0.4, 0.5) is 0 Å². The van der Waals surface area contributed by atoms with Gasteiger partial charge in [-0.1, -0.05) is 152 Å². The summed E-state index contributed by atoms with van der Waals surface area (Å²) in [6.45, 7) is 0. The molecule has 0 fully saturated rings. The standard InChI is InChI=1S/C51H30N4OS/c1-4-15-31(16-5-1)44-40(51-53-49(32-17-6-2-7-18-32)52-50(54-51)33-19-8-3-9-20-33)30-28-38-37-23-14-25-42(46(37)56-47(38)44)55-41-24-12-10-21-34(41)36-27-29-39-35-22-11-13-26-43(35)57-48(39)45(36)55/h1-30H. The van der Waals surface area contributed by atoms with Crippen molar-refractivity contribution < 1.29 is 4.42 Å². The Morgan fingerprint density at radius 3 is 1.70 bits per heavy atom. The molecule has 8 aromatic carbocycles. The first-order valence-corrected chi connectivity index (χ1v) is 19.8. The number of nitrogens with zero attached hydrogens (tertiary/aromatic N) is 4. The van der Waals surface area contributed by atoms with Crippen LogP contribution in [-0.4, -0.2) is 19.5 Å². The summed E-state index contributed by atoms with van der Waals surface area (Å²) in [5, 5.41) is 7.06. The lowest BCUT2D eigenvalue weighted by atomic mass is 9.96. The van der Waals surface area contributed by atoms with Crippen LogP contribution in [0.3, 0.4) is 0 Å². The molecule has 0 radical (unpaired) electrons. The minimum Gasteiger partial charge on any atom is -0.453 e. The van der Waals surface area contributed by atoms with Gasteiger partial charge < -0.3 is 8.98 Å². The van der Waals surface area contributed by atoms with Gasteiger partial charge in [-0.15, -0.1) is 11.3 Å². The Labute approximate surface area is 330 Å². The number of rotatable bonds is 5. The smallest absolute Gasteiger partial charge is 0.164 e. The SMILES string of the molecule is c1ccc(-c2nc(-c3ccccc3)nc(-c3ccc4c(oc5c(-n6c7ccccc7c7ccc8c9ccccc9sc8c76)cccc54)c3-c3ccccc3)n2)cc1. The van der Waals surface area contributed by atoms with Gasteiger partial charge in [-0.3, -0.25) is 0 Å². The molecule has 12 rings (SSSR count). The van der Waals surface area contributed by atoms with Gasteiger partial charge in [-0.2, -0.15) is 0 Å². The highest BCUT2D eigenvalue weighted by molar-refractivity contribution is 7.26. The zero-order chi connectivity index (χ0) is 37.5. The second-order valence-corrected chi connectivity index (χ2v) is 15.4. The van der Waals surface area contributed by atoms with Crippen LogP contribution < -0.4 is 0 Å². The van der Waals surface area contributed by atoms with Gasteiger partial charge in [0.1, 0.15) is 5.58 Å². The zero-order valence-electron chi connectivity index (χ0n) is 30.4. The van der Waals surface area contributed by atoms with Gasteiger partial charge in [0.2, 0.25) is 0 Å². The molecule has 0 bridgehead atoms. The molecule has 12 aromatic rings. The molecule has 6 heteroatoms. The van der Waals surface area contributed by atoms with Crippen LogP contribution in [-0.2, 0) is 0 Å². The van der Waals surface area contributed by atoms with Crippen LogP contribution in [0.25, 0.3) is 115 Å². The summed E-state index contributed by atoms with van der Waals surface area (Å²) in [6, 6.07) is 63.5. The maximum absolute atomic E-state index is 7.27. The monoisotopic (exact) mass is 746 g/mol. The lowest BCUT2D eigenvalue weighted by Crippen LogP contribution is -2.01. The highest BCUT2D eigenvalue weighted by atomic mass is 32.1. The van der Waals surface area contributed by atoms with E-state index in [1.165, 1.54) is 36.5 Å². The predicted octanol–water partition coefficient (Wildman–Crippen LogP) is 13.9. The minimum absolute atomic E-state index is 0.582. The van der Waals surface area contributed by atoms with Crippen LogP contribution in [0.5, 0.6) is 0 Å². The van der Waals surface area contributed by atoms with Gasteiger partial charge in [0, 0.05) is 59.3 Å². The van der Waals surface area contributed by atoms with E-state index in [1.54, 1.807) is 0 Å². The van der Waals surface area contributed by atoms with Crippen molar-refractivity contribution in [1.29, 1.82) is 0 Å². The van der Waals surface area contributed by atoms with Crippen LogP contribution in [0.2, 0.25) is 0 Å². The molecule has 4 heterocycles. The van der Waals surface area contributed by atoms with E-state index in [0.717, 1.165) is 61.0 Å². The predicted molar refractivity (Wildman–Crippen MR) is 236 cm³/mol. The molecular weight excluding hydrogens is 717 g/mol. The summed E-state index contributed by atoms with van der Waals surface area (Å²) in [4.78, 5) is 15.3. The molecule has 0 unspecified atom stereocenters. The number of thiophene rings is 1. The summed E-state index contributed by atoms with van der Waals surface area (Å²) in [5.74, 6) is 1.81. The molecule has 0 aliphatic rings. The molecule has 0 N–H and O–H groups in total. The average molecular weight is 747 g/mol. The van der Waals surface area contributed by atoms with E-state index < -0.39 is 0 Å². The maximum Gasteiger partial charge on any atom is 0.164 e. The van der Waals surface area contributed by atoms with Crippen LogP contribution in [0, 0.1) is 0 Å².